The van der Waals surface area contributed by atoms with E-state index >= 15 is 0 Å². The third-order valence-corrected chi connectivity index (χ3v) is 5.54. The first kappa shape index (κ1) is 14.8. The van der Waals surface area contributed by atoms with Crippen LogP contribution < -0.4 is 0 Å². The van der Waals surface area contributed by atoms with Gasteiger partial charge in [-0.25, -0.2) is 8.42 Å². The van der Waals surface area contributed by atoms with Crippen LogP contribution in [-0.2, 0) is 10.0 Å². The Balaban J connectivity index is 2.26. The summed E-state index contributed by atoms with van der Waals surface area (Å²) in [5.41, 5.74) is 0.244. The second-order valence-electron chi connectivity index (χ2n) is 4.56. The minimum atomic E-state index is -3.61. The highest BCUT2D eigenvalue weighted by Crippen LogP contribution is 2.26. The van der Waals surface area contributed by atoms with Gasteiger partial charge in [-0.2, -0.15) is 14.8 Å². The van der Waals surface area contributed by atoms with Gasteiger partial charge in [0.25, 0.3) is 0 Å². The number of rotatable bonds is 2. The van der Waals surface area contributed by atoms with Gasteiger partial charge in [0.1, 0.15) is 6.07 Å². The molecular formula is C13H12ClN3O2S. The van der Waals surface area contributed by atoms with Crippen molar-refractivity contribution in [3.63, 3.8) is 0 Å². The minimum absolute atomic E-state index is 0.0778. The van der Waals surface area contributed by atoms with E-state index in [1.807, 2.05) is 6.07 Å². The molecule has 1 aromatic rings. The average Bonchev–Trinajstić information content (AvgIpc) is 2.47. The number of sulfonamides is 1. The number of benzene rings is 1. The van der Waals surface area contributed by atoms with Gasteiger partial charge in [0.2, 0.25) is 10.0 Å². The molecule has 0 spiro atoms. The van der Waals surface area contributed by atoms with Crippen LogP contribution in [0.1, 0.15) is 18.4 Å². The lowest BCUT2D eigenvalue weighted by atomic mass is 10.0. The molecular weight excluding hydrogens is 298 g/mol. The van der Waals surface area contributed by atoms with Crippen LogP contribution in [0.25, 0.3) is 0 Å². The van der Waals surface area contributed by atoms with Crippen molar-refractivity contribution >= 4 is 21.6 Å². The molecule has 1 heterocycles. The van der Waals surface area contributed by atoms with E-state index in [0.29, 0.717) is 25.9 Å². The summed E-state index contributed by atoms with van der Waals surface area (Å²) in [5.74, 6) is -0.0778. The van der Waals surface area contributed by atoms with Gasteiger partial charge in [-0.15, -0.1) is 0 Å². The molecule has 1 saturated heterocycles. The van der Waals surface area contributed by atoms with Gasteiger partial charge in [-0.3, -0.25) is 0 Å². The van der Waals surface area contributed by atoms with Crippen molar-refractivity contribution in [1.29, 1.82) is 10.5 Å². The number of hydrogen-bond acceptors (Lipinski definition) is 4. The number of nitriles is 2. The van der Waals surface area contributed by atoms with Crippen LogP contribution >= 0.6 is 11.6 Å². The Bertz CT molecular complexity index is 695. The largest absolute Gasteiger partial charge is 0.243 e. The molecule has 20 heavy (non-hydrogen) atoms. The van der Waals surface area contributed by atoms with E-state index in [1.165, 1.54) is 22.5 Å². The zero-order valence-electron chi connectivity index (χ0n) is 10.6. The van der Waals surface area contributed by atoms with E-state index in [0.717, 1.165) is 0 Å². The Morgan fingerprint density at radius 2 is 1.90 bits per heavy atom. The van der Waals surface area contributed by atoms with Crippen LogP contribution in [0.3, 0.4) is 0 Å². The zero-order valence-corrected chi connectivity index (χ0v) is 12.2. The molecule has 104 valence electrons. The lowest BCUT2D eigenvalue weighted by Crippen LogP contribution is -2.38. The van der Waals surface area contributed by atoms with E-state index in [-0.39, 0.29) is 21.4 Å². The van der Waals surface area contributed by atoms with E-state index < -0.39 is 10.0 Å². The van der Waals surface area contributed by atoms with Gasteiger partial charge in [-0.1, -0.05) is 11.6 Å². The van der Waals surface area contributed by atoms with Gasteiger partial charge < -0.3 is 0 Å². The molecule has 5 nitrogen and oxygen atoms in total. The fourth-order valence-corrected chi connectivity index (χ4v) is 3.91. The number of hydrogen-bond donors (Lipinski definition) is 0. The third kappa shape index (κ3) is 2.78. The molecule has 1 aliphatic heterocycles. The van der Waals surface area contributed by atoms with E-state index in [9.17, 15) is 8.42 Å². The summed E-state index contributed by atoms with van der Waals surface area (Å²) >= 11 is 5.87. The van der Waals surface area contributed by atoms with E-state index in [2.05, 4.69) is 6.07 Å². The predicted octanol–water partition coefficient (Wildman–Crippen LogP) is 2.14. The maximum absolute atomic E-state index is 12.4. The Morgan fingerprint density at radius 3 is 2.40 bits per heavy atom. The average molecular weight is 310 g/mol. The fraction of sp³-hybridized carbons (Fsp3) is 0.385. The summed E-state index contributed by atoms with van der Waals surface area (Å²) < 4.78 is 26.2. The second kappa shape index (κ2) is 5.80. The van der Waals surface area contributed by atoms with Crippen molar-refractivity contribution < 1.29 is 8.42 Å². The maximum Gasteiger partial charge on any atom is 0.243 e. The quantitative estimate of drug-likeness (QED) is 0.837. The van der Waals surface area contributed by atoms with Crippen LogP contribution in [0.4, 0.5) is 0 Å². The zero-order chi connectivity index (χ0) is 14.8. The molecule has 0 aliphatic carbocycles. The highest BCUT2D eigenvalue weighted by atomic mass is 35.5. The first-order valence-electron chi connectivity index (χ1n) is 6.08. The maximum atomic E-state index is 12.4. The normalized spacial score (nSPS) is 17.4. The standard InChI is InChI=1S/C13H12ClN3O2S/c14-13-7-12(2-1-11(13)9-16)20(18,19)17-5-3-10(8-15)4-6-17/h1-2,7,10H,3-6H2. The van der Waals surface area contributed by atoms with Crippen molar-refractivity contribution in [2.75, 3.05) is 13.1 Å². The smallest absolute Gasteiger partial charge is 0.207 e. The SMILES string of the molecule is N#Cc1ccc(S(=O)(=O)N2CCC(C#N)CC2)cc1Cl. The van der Waals surface area contributed by atoms with Crippen molar-refractivity contribution in [1.82, 2.24) is 4.31 Å². The molecule has 2 rings (SSSR count). The monoisotopic (exact) mass is 309 g/mol. The highest BCUT2D eigenvalue weighted by Gasteiger charge is 2.29. The summed E-state index contributed by atoms with van der Waals surface area (Å²) in [6.07, 6.45) is 1.08. The van der Waals surface area contributed by atoms with Crippen LogP contribution in [0.5, 0.6) is 0 Å². The fourth-order valence-electron chi connectivity index (χ4n) is 2.12. The van der Waals surface area contributed by atoms with Gasteiger partial charge in [0, 0.05) is 19.0 Å². The molecule has 0 amide bonds. The van der Waals surface area contributed by atoms with Crippen molar-refractivity contribution in [2.45, 2.75) is 17.7 Å². The van der Waals surface area contributed by atoms with Crippen LogP contribution in [0.2, 0.25) is 5.02 Å². The molecule has 0 aromatic heterocycles. The van der Waals surface area contributed by atoms with Crippen LogP contribution in [-0.4, -0.2) is 25.8 Å². The first-order chi connectivity index (χ1) is 9.48. The Hall–Kier alpha value is -1.60. The summed E-state index contributed by atoms with van der Waals surface area (Å²) in [6.45, 7) is 0.663. The molecule has 0 bridgehead atoms. The van der Waals surface area contributed by atoms with Crippen LogP contribution in [0.15, 0.2) is 23.1 Å². The summed E-state index contributed by atoms with van der Waals surface area (Å²) in [6, 6.07) is 8.13. The molecule has 0 unspecified atom stereocenters. The molecule has 0 N–H and O–H groups in total. The predicted molar refractivity (Wildman–Crippen MR) is 73.3 cm³/mol. The summed E-state index contributed by atoms with van der Waals surface area (Å²) in [4.78, 5) is 0.0805. The third-order valence-electron chi connectivity index (χ3n) is 3.34. The molecule has 7 heteroatoms. The number of piperidine rings is 1. The van der Waals surface area contributed by atoms with Crippen molar-refractivity contribution in [3.8, 4) is 12.1 Å². The second-order valence-corrected chi connectivity index (χ2v) is 6.91. The lowest BCUT2D eigenvalue weighted by molar-refractivity contribution is 0.310. The Labute approximate surface area is 123 Å². The summed E-state index contributed by atoms with van der Waals surface area (Å²) in [5, 5.41) is 17.7. The van der Waals surface area contributed by atoms with Crippen LogP contribution in [0, 0.1) is 28.6 Å². The molecule has 1 aliphatic rings. The molecule has 0 saturated carbocycles. The van der Waals surface area contributed by atoms with Gasteiger partial charge in [0.15, 0.2) is 0 Å². The first-order valence-corrected chi connectivity index (χ1v) is 7.90. The number of nitrogens with zero attached hydrogens (tertiary/aromatic N) is 3. The van der Waals surface area contributed by atoms with E-state index in [4.69, 9.17) is 22.1 Å². The van der Waals surface area contributed by atoms with Gasteiger partial charge >= 0.3 is 0 Å². The van der Waals surface area contributed by atoms with Crippen molar-refractivity contribution in [2.24, 2.45) is 5.92 Å². The van der Waals surface area contributed by atoms with E-state index in [1.54, 1.807) is 0 Å². The Kier molecular flexibility index (Phi) is 4.29. The molecule has 0 radical (unpaired) electrons. The molecule has 1 aromatic carbocycles. The summed E-state index contributed by atoms with van der Waals surface area (Å²) in [7, 11) is -3.61. The van der Waals surface area contributed by atoms with Crippen molar-refractivity contribution in [3.05, 3.63) is 28.8 Å². The molecule has 0 atom stereocenters. The number of halogens is 1. The Morgan fingerprint density at radius 1 is 1.25 bits per heavy atom. The van der Waals surface area contributed by atoms with Gasteiger partial charge in [0.05, 0.1) is 21.6 Å². The van der Waals surface area contributed by atoms with Gasteiger partial charge in [-0.05, 0) is 31.0 Å². The topological polar surface area (TPSA) is 85.0 Å². The lowest BCUT2D eigenvalue weighted by Gasteiger charge is -2.28. The highest BCUT2D eigenvalue weighted by molar-refractivity contribution is 7.89. The molecule has 1 fully saturated rings. The minimum Gasteiger partial charge on any atom is -0.207 e.